The van der Waals surface area contributed by atoms with Gasteiger partial charge in [0.2, 0.25) is 5.91 Å². The van der Waals surface area contributed by atoms with E-state index in [0.29, 0.717) is 0 Å². The van der Waals surface area contributed by atoms with Crippen molar-refractivity contribution in [3.05, 3.63) is 11.6 Å². The Balaban J connectivity index is 1.91. The smallest absolute Gasteiger partial charge is 0.246 e. The van der Waals surface area contributed by atoms with Crippen molar-refractivity contribution in [3.63, 3.8) is 0 Å². The van der Waals surface area contributed by atoms with Gasteiger partial charge in [-0.15, -0.1) is 0 Å². The van der Waals surface area contributed by atoms with Crippen molar-refractivity contribution in [1.29, 1.82) is 0 Å². The minimum absolute atomic E-state index is 0.164. The van der Waals surface area contributed by atoms with Gasteiger partial charge in [-0.3, -0.25) is 4.79 Å². The Morgan fingerprint density at radius 2 is 2.00 bits per heavy atom. The van der Waals surface area contributed by atoms with Crippen LogP contribution in [0.4, 0.5) is 0 Å². The largest absolute Gasteiger partial charge is 0.376 e. The lowest BCUT2D eigenvalue weighted by Gasteiger charge is -2.33. The van der Waals surface area contributed by atoms with Crippen molar-refractivity contribution in [2.45, 2.75) is 52.1 Å². The second kappa shape index (κ2) is 6.37. The first kappa shape index (κ1) is 13.6. The Bertz CT molecular complexity index is 310. The van der Waals surface area contributed by atoms with Gasteiger partial charge >= 0.3 is 0 Å². The highest BCUT2D eigenvalue weighted by atomic mass is 16.5. The predicted octanol–water partition coefficient (Wildman–Crippen LogP) is 2.76. The number of carbonyl (C=O) groups is 1. The first-order valence-corrected chi connectivity index (χ1v) is 7.20. The zero-order valence-electron chi connectivity index (χ0n) is 11.7. The molecule has 0 bridgehead atoms. The van der Waals surface area contributed by atoms with E-state index < -0.39 is 0 Å². The van der Waals surface area contributed by atoms with Crippen LogP contribution in [0.3, 0.4) is 0 Å². The molecule has 1 aliphatic carbocycles. The molecule has 0 spiro atoms. The van der Waals surface area contributed by atoms with Crippen LogP contribution in [0.15, 0.2) is 11.6 Å². The topological polar surface area (TPSA) is 29.5 Å². The van der Waals surface area contributed by atoms with Gasteiger partial charge < -0.3 is 9.64 Å². The first-order valence-electron chi connectivity index (χ1n) is 7.20. The summed E-state index contributed by atoms with van der Waals surface area (Å²) in [6.45, 7) is 6.51. The molecule has 2 aliphatic rings. The fourth-order valence-corrected chi connectivity index (χ4v) is 2.61. The molecule has 0 aromatic rings. The Morgan fingerprint density at radius 3 is 2.50 bits per heavy atom. The molecule has 3 nitrogen and oxygen atoms in total. The highest BCUT2D eigenvalue weighted by Crippen LogP contribution is 2.27. The molecule has 1 saturated heterocycles. The Kier molecular flexibility index (Phi) is 4.81. The van der Waals surface area contributed by atoms with Crippen LogP contribution in [0.5, 0.6) is 0 Å². The number of carbonyl (C=O) groups excluding carboxylic acids is 1. The minimum atomic E-state index is 0.164. The summed E-state index contributed by atoms with van der Waals surface area (Å²) in [6, 6.07) is 0. The maximum absolute atomic E-state index is 12.2. The Hall–Kier alpha value is -0.830. The molecule has 18 heavy (non-hydrogen) atoms. The summed E-state index contributed by atoms with van der Waals surface area (Å²) in [4.78, 5) is 14.2. The molecule has 0 aromatic heterocycles. The molecule has 0 unspecified atom stereocenters. The minimum Gasteiger partial charge on any atom is -0.376 e. The van der Waals surface area contributed by atoms with Crippen molar-refractivity contribution in [2.75, 3.05) is 19.7 Å². The molecular weight excluding hydrogens is 226 g/mol. The molecule has 2 rings (SSSR count). The number of rotatable bonds is 5. The van der Waals surface area contributed by atoms with Crippen LogP contribution in [0, 0.1) is 5.92 Å². The second-order valence-electron chi connectivity index (χ2n) is 5.90. The van der Waals surface area contributed by atoms with Crippen molar-refractivity contribution in [2.24, 2.45) is 5.92 Å². The Morgan fingerprint density at radius 1 is 1.22 bits per heavy atom. The zero-order valence-corrected chi connectivity index (χ0v) is 11.7. The summed E-state index contributed by atoms with van der Waals surface area (Å²) in [5, 5.41) is 0. The van der Waals surface area contributed by atoms with E-state index in [2.05, 4.69) is 0 Å². The van der Waals surface area contributed by atoms with Crippen LogP contribution in [0.25, 0.3) is 0 Å². The maximum Gasteiger partial charge on any atom is 0.246 e. The first-order chi connectivity index (χ1) is 8.65. The quantitative estimate of drug-likeness (QED) is 0.703. The van der Waals surface area contributed by atoms with Gasteiger partial charge in [0.25, 0.3) is 0 Å². The number of allylic oxidation sites excluding steroid dienone is 1. The van der Waals surface area contributed by atoms with Gasteiger partial charge in [-0.05, 0) is 45.4 Å². The van der Waals surface area contributed by atoms with Crippen LogP contribution in [0.1, 0.15) is 46.0 Å². The van der Waals surface area contributed by atoms with Crippen LogP contribution >= 0.6 is 0 Å². The maximum atomic E-state index is 12.2. The van der Waals surface area contributed by atoms with E-state index in [1.165, 1.54) is 19.3 Å². The van der Waals surface area contributed by atoms with Crippen molar-refractivity contribution >= 4 is 5.91 Å². The molecule has 1 atom stereocenters. The zero-order chi connectivity index (χ0) is 13.0. The summed E-state index contributed by atoms with van der Waals surface area (Å²) in [6.07, 6.45) is 8.15. The lowest BCUT2D eigenvalue weighted by molar-refractivity contribution is -0.128. The summed E-state index contributed by atoms with van der Waals surface area (Å²) >= 11 is 0. The summed E-state index contributed by atoms with van der Waals surface area (Å²) in [7, 11) is 0. The van der Waals surface area contributed by atoms with Gasteiger partial charge in [0.05, 0.1) is 6.10 Å². The predicted molar refractivity (Wildman–Crippen MR) is 72.3 cm³/mol. The van der Waals surface area contributed by atoms with E-state index in [0.717, 1.165) is 44.0 Å². The number of nitrogens with zero attached hydrogens (tertiary/aromatic N) is 1. The lowest BCUT2D eigenvalue weighted by Crippen LogP contribution is -2.41. The Labute approximate surface area is 110 Å². The average molecular weight is 251 g/mol. The number of hydrogen-bond donors (Lipinski definition) is 0. The number of ether oxygens (including phenoxy) is 1. The van der Waals surface area contributed by atoms with E-state index in [4.69, 9.17) is 4.74 Å². The van der Waals surface area contributed by atoms with E-state index in [9.17, 15) is 4.79 Å². The lowest BCUT2D eigenvalue weighted by atomic mass is 9.85. The highest BCUT2D eigenvalue weighted by Gasteiger charge is 2.26. The highest BCUT2D eigenvalue weighted by molar-refractivity contribution is 5.88. The van der Waals surface area contributed by atoms with Crippen molar-refractivity contribution in [3.8, 4) is 0 Å². The molecule has 1 amide bonds. The fourth-order valence-electron chi connectivity index (χ4n) is 2.61. The molecule has 1 heterocycles. The van der Waals surface area contributed by atoms with E-state index in [1.54, 1.807) is 6.08 Å². The molecular formula is C15H25NO2. The molecule has 2 fully saturated rings. The molecule has 3 heteroatoms. The van der Waals surface area contributed by atoms with Crippen molar-refractivity contribution < 1.29 is 9.53 Å². The molecule has 0 radical (unpaired) electrons. The van der Waals surface area contributed by atoms with Gasteiger partial charge in [-0.2, -0.15) is 0 Å². The molecule has 1 aliphatic heterocycles. The molecule has 1 saturated carbocycles. The average Bonchev–Trinajstić information content (AvgIpc) is 2.72. The third-order valence-electron chi connectivity index (χ3n) is 3.88. The van der Waals surface area contributed by atoms with Crippen LogP contribution in [-0.2, 0) is 9.53 Å². The number of hydrogen-bond acceptors (Lipinski definition) is 2. The van der Waals surface area contributed by atoms with Crippen LogP contribution in [-0.4, -0.2) is 36.6 Å². The monoisotopic (exact) mass is 251 g/mol. The van der Waals surface area contributed by atoms with E-state index >= 15 is 0 Å². The van der Waals surface area contributed by atoms with Gasteiger partial charge in [0.1, 0.15) is 0 Å². The third kappa shape index (κ3) is 3.84. The van der Waals surface area contributed by atoms with Crippen LogP contribution in [0.2, 0.25) is 0 Å². The van der Waals surface area contributed by atoms with Gasteiger partial charge in [-0.25, -0.2) is 0 Å². The molecule has 0 N–H and O–H groups in total. The SMILES string of the molecule is CC(C)=CC(=O)N(CC1CCC1)C[C@H]1CCCO1. The van der Waals surface area contributed by atoms with Gasteiger partial charge in [0, 0.05) is 25.8 Å². The van der Waals surface area contributed by atoms with E-state index in [-0.39, 0.29) is 12.0 Å². The standard InChI is InChI=1S/C15H25NO2/c1-12(2)9-15(17)16(10-13-5-3-6-13)11-14-7-4-8-18-14/h9,13-14H,3-8,10-11H2,1-2H3/t14-/m1/s1. The van der Waals surface area contributed by atoms with Gasteiger partial charge in [-0.1, -0.05) is 12.0 Å². The van der Waals surface area contributed by atoms with Crippen molar-refractivity contribution in [1.82, 2.24) is 4.90 Å². The van der Waals surface area contributed by atoms with Gasteiger partial charge in [0.15, 0.2) is 0 Å². The molecule has 102 valence electrons. The molecule has 0 aromatic carbocycles. The summed E-state index contributed by atoms with van der Waals surface area (Å²) < 4.78 is 5.66. The van der Waals surface area contributed by atoms with E-state index in [1.807, 2.05) is 18.7 Å². The van der Waals surface area contributed by atoms with Crippen LogP contribution < -0.4 is 0 Å². The normalized spacial score (nSPS) is 23.6. The third-order valence-corrected chi connectivity index (χ3v) is 3.88. The second-order valence-corrected chi connectivity index (χ2v) is 5.90. The summed E-state index contributed by atoms with van der Waals surface area (Å²) in [5.74, 6) is 0.887. The fraction of sp³-hybridized carbons (Fsp3) is 0.800. The number of amides is 1. The summed E-state index contributed by atoms with van der Waals surface area (Å²) in [5.41, 5.74) is 1.07.